The number of hydrogen-bond donors (Lipinski definition) is 1. The molecule has 1 saturated heterocycles. The molecule has 112 valence electrons. The molecule has 1 saturated carbocycles. The van der Waals surface area contributed by atoms with Crippen molar-refractivity contribution in [1.29, 1.82) is 0 Å². The highest BCUT2D eigenvalue weighted by atomic mass is 32.2. The van der Waals surface area contributed by atoms with E-state index in [1.165, 1.54) is 24.2 Å². The molecule has 1 aromatic rings. The quantitative estimate of drug-likeness (QED) is 0.847. The monoisotopic (exact) mass is 304 g/mol. The van der Waals surface area contributed by atoms with Crippen LogP contribution in [-0.2, 0) is 9.59 Å². The summed E-state index contributed by atoms with van der Waals surface area (Å²) < 4.78 is 0.267. The lowest BCUT2D eigenvalue weighted by molar-refractivity contribution is -0.121. The smallest absolute Gasteiger partial charge is 0.251 e. The SMILES string of the molecule is CSC1(CNC2CC(=O)N(c3ccccc3)C2=O)CCC1. The fourth-order valence-electron chi connectivity index (χ4n) is 2.97. The van der Waals surface area contributed by atoms with Crippen LogP contribution >= 0.6 is 11.8 Å². The molecule has 1 aliphatic heterocycles. The highest BCUT2D eigenvalue weighted by Crippen LogP contribution is 2.42. The van der Waals surface area contributed by atoms with Gasteiger partial charge in [-0.25, -0.2) is 4.90 Å². The molecule has 1 aliphatic carbocycles. The molecule has 1 N–H and O–H groups in total. The molecule has 0 aromatic heterocycles. The first-order chi connectivity index (χ1) is 10.2. The number of anilines is 1. The first-order valence-corrected chi connectivity index (χ1v) is 8.58. The molecule has 2 amide bonds. The van der Waals surface area contributed by atoms with Crippen molar-refractivity contribution in [1.82, 2.24) is 5.32 Å². The lowest BCUT2D eigenvalue weighted by atomic mass is 9.84. The van der Waals surface area contributed by atoms with Gasteiger partial charge in [-0.15, -0.1) is 0 Å². The van der Waals surface area contributed by atoms with Gasteiger partial charge in [-0.2, -0.15) is 11.8 Å². The molecule has 0 bridgehead atoms. The number of benzene rings is 1. The van der Waals surface area contributed by atoms with Gasteiger partial charge < -0.3 is 5.32 Å². The summed E-state index contributed by atoms with van der Waals surface area (Å²) in [4.78, 5) is 25.9. The number of imide groups is 1. The lowest BCUT2D eigenvalue weighted by Gasteiger charge is -2.41. The van der Waals surface area contributed by atoms with Gasteiger partial charge in [0.15, 0.2) is 0 Å². The van der Waals surface area contributed by atoms with E-state index in [0.717, 1.165) is 6.54 Å². The van der Waals surface area contributed by atoms with Crippen LogP contribution in [0.1, 0.15) is 25.7 Å². The Morgan fingerprint density at radius 3 is 2.57 bits per heavy atom. The molecular formula is C16H20N2O2S. The molecule has 0 spiro atoms. The normalized spacial score (nSPS) is 24.2. The maximum Gasteiger partial charge on any atom is 0.251 e. The van der Waals surface area contributed by atoms with E-state index in [9.17, 15) is 9.59 Å². The predicted molar refractivity (Wildman–Crippen MR) is 85.4 cm³/mol. The van der Waals surface area contributed by atoms with E-state index in [1.54, 1.807) is 12.1 Å². The van der Waals surface area contributed by atoms with Crippen LogP contribution in [-0.4, -0.2) is 35.4 Å². The molecule has 1 aromatic carbocycles. The zero-order valence-corrected chi connectivity index (χ0v) is 13.0. The van der Waals surface area contributed by atoms with Gasteiger partial charge in [0.25, 0.3) is 5.91 Å². The van der Waals surface area contributed by atoms with E-state index in [-0.39, 0.29) is 29.0 Å². The predicted octanol–water partition coefficient (Wildman–Crippen LogP) is 2.19. The second-order valence-electron chi connectivity index (χ2n) is 5.78. The average molecular weight is 304 g/mol. The van der Waals surface area contributed by atoms with E-state index >= 15 is 0 Å². The Labute approximate surface area is 129 Å². The third-order valence-electron chi connectivity index (χ3n) is 4.53. The summed E-state index contributed by atoms with van der Waals surface area (Å²) in [7, 11) is 0. The highest BCUT2D eigenvalue weighted by Gasteiger charge is 2.42. The van der Waals surface area contributed by atoms with Crippen LogP contribution in [0.4, 0.5) is 5.69 Å². The van der Waals surface area contributed by atoms with Crippen LogP contribution in [0.15, 0.2) is 30.3 Å². The lowest BCUT2D eigenvalue weighted by Crippen LogP contribution is -2.48. The van der Waals surface area contributed by atoms with Crippen molar-refractivity contribution in [3.8, 4) is 0 Å². The summed E-state index contributed by atoms with van der Waals surface area (Å²) in [6.07, 6.45) is 6.03. The maximum absolute atomic E-state index is 12.5. The van der Waals surface area contributed by atoms with Gasteiger partial charge in [0, 0.05) is 11.3 Å². The molecule has 1 heterocycles. The number of nitrogens with one attached hydrogen (secondary N) is 1. The van der Waals surface area contributed by atoms with Gasteiger partial charge in [0.2, 0.25) is 5.91 Å². The summed E-state index contributed by atoms with van der Waals surface area (Å²) in [6.45, 7) is 0.806. The largest absolute Gasteiger partial charge is 0.304 e. The molecule has 5 heteroatoms. The number of amides is 2. The Bertz CT molecular complexity index is 537. The fourth-order valence-corrected chi connectivity index (χ4v) is 3.90. The summed E-state index contributed by atoms with van der Waals surface area (Å²) in [6, 6.07) is 8.79. The van der Waals surface area contributed by atoms with Crippen molar-refractivity contribution in [3.63, 3.8) is 0 Å². The number of carbonyl (C=O) groups is 2. The third kappa shape index (κ3) is 2.72. The number of para-hydroxylation sites is 1. The Balaban J connectivity index is 1.66. The Kier molecular flexibility index (Phi) is 4.04. The number of nitrogens with zero attached hydrogens (tertiary/aromatic N) is 1. The van der Waals surface area contributed by atoms with Crippen LogP contribution in [0.25, 0.3) is 0 Å². The van der Waals surface area contributed by atoms with E-state index in [2.05, 4.69) is 11.6 Å². The summed E-state index contributed by atoms with van der Waals surface area (Å²) in [5.74, 6) is -0.239. The molecule has 1 unspecified atom stereocenters. The third-order valence-corrected chi connectivity index (χ3v) is 5.95. The van der Waals surface area contributed by atoms with Crippen molar-refractivity contribution in [2.45, 2.75) is 36.5 Å². The minimum Gasteiger partial charge on any atom is -0.304 e. The molecule has 1 atom stereocenters. The van der Waals surface area contributed by atoms with Gasteiger partial charge in [0.1, 0.15) is 0 Å². The second-order valence-corrected chi connectivity index (χ2v) is 7.06. The van der Waals surface area contributed by atoms with Crippen molar-refractivity contribution in [2.75, 3.05) is 17.7 Å². The van der Waals surface area contributed by atoms with Gasteiger partial charge in [-0.05, 0) is 31.2 Å². The first kappa shape index (κ1) is 14.6. The molecule has 3 rings (SSSR count). The minimum absolute atomic E-state index is 0.115. The van der Waals surface area contributed by atoms with Crippen molar-refractivity contribution >= 4 is 29.3 Å². The van der Waals surface area contributed by atoms with E-state index in [0.29, 0.717) is 5.69 Å². The zero-order valence-electron chi connectivity index (χ0n) is 12.2. The Morgan fingerprint density at radius 1 is 1.29 bits per heavy atom. The van der Waals surface area contributed by atoms with E-state index < -0.39 is 0 Å². The Hall–Kier alpha value is -1.33. The van der Waals surface area contributed by atoms with Crippen LogP contribution in [0.5, 0.6) is 0 Å². The summed E-state index contributed by atoms with van der Waals surface area (Å²) >= 11 is 1.87. The van der Waals surface area contributed by atoms with Crippen LogP contribution in [0, 0.1) is 0 Å². The topological polar surface area (TPSA) is 49.4 Å². The number of carbonyl (C=O) groups excluding carboxylic acids is 2. The molecule has 2 fully saturated rings. The fraction of sp³-hybridized carbons (Fsp3) is 0.500. The van der Waals surface area contributed by atoms with Gasteiger partial charge >= 0.3 is 0 Å². The van der Waals surface area contributed by atoms with Crippen LogP contribution < -0.4 is 10.2 Å². The molecular weight excluding hydrogens is 284 g/mol. The van der Waals surface area contributed by atoms with Gasteiger partial charge in [-0.3, -0.25) is 9.59 Å². The van der Waals surface area contributed by atoms with Gasteiger partial charge in [0.05, 0.1) is 18.2 Å². The molecule has 0 radical (unpaired) electrons. The number of hydrogen-bond acceptors (Lipinski definition) is 4. The van der Waals surface area contributed by atoms with Gasteiger partial charge in [-0.1, -0.05) is 24.6 Å². The Morgan fingerprint density at radius 2 is 2.00 bits per heavy atom. The van der Waals surface area contributed by atoms with E-state index in [4.69, 9.17) is 0 Å². The minimum atomic E-state index is -0.373. The first-order valence-electron chi connectivity index (χ1n) is 7.36. The average Bonchev–Trinajstić information content (AvgIpc) is 2.74. The van der Waals surface area contributed by atoms with Crippen LogP contribution in [0.3, 0.4) is 0 Å². The second kappa shape index (κ2) is 5.81. The summed E-state index contributed by atoms with van der Waals surface area (Å²) in [5, 5.41) is 3.32. The van der Waals surface area contributed by atoms with E-state index in [1.807, 2.05) is 30.0 Å². The van der Waals surface area contributed by atoms with Crippen molar-refractivity contribution in [3.05, 3.63) is 30.3 Å². The molecule has 2 aliphatic rings. The standard InChI is InChI=1S/C16H20N2O2S/c1-21-16(8-5-9-16)11-17-13-10-14(19)18(15(13)20)12-6-3-2-4-7-12/h2-4,6-7,13,17H,5,8-11H2,1H3. The molecule has 21 heavy (non-hydrogen) atoms. The van der Waals surface area contributed by atoms with Crippen molar-refractivity contribution in [2.24, 2.45) is 0 Å². The number of rotatable bonds is 5. The highest BCUT2D eigenvalue weighted by molar-refractivity contribution is 8.00. The maximum atomic E-state index is 12.5. The van der Waals surface area contributed by atoms with Crippen LogP contribution in [0.2, 0.25) is 0 Å². The molecule has 4 nitrogen and oxygen atoms in total. The summed E-state index contributed by atoms with van der Waals surface area (Å²) in [5.41, 5.74) is 0.667. The number of thioether (sulfide) groups is 1. The zero-order chi connectivity index (χ0) is 14.9. The van der Waals surface area contributed by atoms with Crippen molar-refractivity contribution < 1.29 is 9.59 Å².